The first-order valence-electron chi connectivity index (χ1n) is 1.43. The van der Waals surface area contributed by atoms with Crippen molar-refractivity contribution in [1.29, 1.82) is 0 Å². The SMILES string of the molecule is C[O].O=[C]C(F)(F)F. The lowest BCUT2D eigenvalue weighted by atomic mass is 10.8. The van der Waals surface area contributed by atoms with Crippen LogP contribution in [0, 0.1) is 0 Å². The Morgan fingerprint density at radius 1 is 1.25 bits per heavy atom. The number of halogens is 3. The smallest absolute Gasteiger partial charge is 0.280 e. The van der Waals surface area contributed by atoms with Crippen molar-refractivity contribution in [1.82, 2.24) is 0 Å². The monoisotopic (exact) mass is 128 g/mol. The minimum atomic E-state index is -4.76. The molecule has 0 bridgehead atoms. The van der Waals surface area contributed by atoms with Crippen molar-refractivity contribution in [2.45, 2.75) is 6.18 Å². The second kappa shape index (κ2) is 4.58. The van der Waals surface area contributed by atoms with Crippen LogP contribution in [0.4, 0.5) is 13.2 Å². The van der Waals surface area contributed by atoms with Gasteiger partial charge in [-0.05, 0) is 0 Å². The molecule has 0 aliphatic heterocycles. The zero-order chi connectivity index (χ0) is 7.21. The molecule has 2 nitrogen and oxygen atoms in total. The van der Waals surface area contributed by atoms with Crippen molar-refractivity contribution in [3.63, 3.8) is 0 Å². The lowest BCUT2D eigenvalue weighted by Crippen LogP contribution is -2.06. The number of carbonyl (C=O) groups excluding carboxylic acids is 1. The van der Waals surface area contributed by atoms with Gasteiger partial charge in [0, 0.05) is 0 Å². The van der Waals surface area contributed by atoms with E-state index in [2.05, 4.69) is 0 Å². The van der Waals surface area contributed by atoms with Crippen LogP contribution in [0.3, 0.4) is 0 Å². The molecule has 0 unspecified atom stereocenters. The topological polar surface area (TPSA) is 37.0 Å². The fraction of sp³-hybridized carbons (Fsp3) is 0.667. The minimum absolute atomic E-state index is 0.146. The molecule has 0 aromatic rings. The van der Waals surface area contributed by atoms with Crippen LogP contribution in [0.15, 0.2) is 0 Å². The van der Waals surface area contributed by atoms with Crippen molar-refractivity contribution < 1.29 is 23.1 Å². The third-order valence-electron chi connectivity index (χ3n) is 0.116. The molecule has 8 heavy (non-hydrogen) atoms. The zero-order valence-electron chi connectivity index (χ0n) is 3.95. The van der Waals surface area contributed by atoms with Crippen LogP contribution < -0.4 is 0 Å². The van der Waals surface area contributed by atoms with Crippen LogP contribution in [-0.2, 0) is 9.90 Å². The quantitative estimate of drug-likeness (QED) is 0.473. The van der Waals surface area contributed by atoms with Gasteiger partial charge in [-0.2, -0.15) is 13.2 Å². The highest BCUT2D eigenvalue weighted by Crippen LogP contribution is 2.08. The molecular weight excluding hydrogens is 125 g/mol. The molecule has 0 amide bonds. The van der Waals surface area contributed by atoms with E-state index in [1.54, 1.807) is 0 Å². The fourth-order valence-electron chi connectivity index (χ4n) is 0. The first-order chi connectivity index (χ1) is 3.56. The van der Waals surface area contributed by atoms with Crippen molar-refractivity contribution >= 4 is 6.29 Å². The molecule has 0 saturated heterocycles. The Morgan fingerprint density at radius 2 is 1.38 bits per heavy atom. The molecule has 5 heteroatoms. The van der Waals surface area contributed by atoms with Crippen LogP contribution in [0.1, 0.15) is 0 Å². The molecule has 2 radical (unpaired) electrons. The van der Waals surface area contributed by atoms with Gasteiger partial charge < -0.3 is 0 Å². The lowest BCUT2D eigenvalue weighted by Gasteiger charge is -1.85. The number of hydrogen-bond acceptors (Lipinski definition) is 1. The standard InChI is InChI=1S/C2F3O.CH3O/c3-2(4,5)1-6;1-2/h;1H3. The molecule has 0 saturated carbocycles. The maximum Gasteiger partial charge on any atom is 0.458 e. The number of alkyl halides is 3. The van der Waals surface area contributed by atoms with E-state index in [0.717, 1.165) is 7.11 Å². The molecule has 0 N–H and O–H groups in total. The van der Waals surface area contributed by atoms with Gasteiger partial charge in [0.05, 0.1) is 7.11 Å². The molecule has 0 rings (SSSR count). The van der Waals surface area contributed by atoms with Gasteiger partial charge >= 0.3 is 12.5 Å². The molecule has 48 valence electrons. The molecule has 0 aromatic carbocycles. The summed E-state index contributed by atoms with van der Waals surface area (Å²) in [5.74, 6) is 0. The summed E-state index contributed by atoms with van der Waals surface area (Å²) in [6, 6.07) is 0. The van der Waals surface area contributed by atoms with Gasteiger partial charge in [-0.3, -0.25) is 4.79 Å². The average molecular weight is 128 g/mol. The molecular formula is C3H3F3O2. The predicted octanol–water partition coefficient (Wildman–Crippen LogP) is 0.705. The van der Waals surface area contributed by atoms with E-state index in [4.69, 9.17) is 9.90 Å². The van der Waals surface area contributed by atoms with Gasteiger partial charge in [0.2, 0.25) is 0 Å². The van der Waals surface area contributed by atoms with E-state index < -0.39 is 6.18 Å². The normalized spacial score (nSPS) is 9.12. The van der Waals surface area contributed by atoms with Gasteiger partial charge in [-0.1, -0.05) is 0 Å². The number of rotatable bonds is 0. The van der Waals surface area contributed by atoms with Crippen LogP contribution in [0.5, 0.6) is 0 Å². The van der Waals surface area contributed by atoms with Crippen molar-refractivity contribution in [3.8, 4) is 0 Å². The molecule has 0 aliphatic rings. The Morgan fingerprint density at radius 3 is 1.38 bits per heavy atom. The summed E-state index contributed by atoms with van der Waals surface area (Å²) in [6.45, 7) is 0. The Hall–Kier alpha value is -0.580. The molecule has 0 spiro atoms. The van der Waals surface area contributed by atoms with Crippen LogP contribution in [-0.4, -0.2) is 19.6 Å². The summed E-state index contributed by atoms with van der Waals surface area (Å²) in [5.41, 5.74) is 0. The fourth-order valence-corrected chi connectivity index (χ4v) is 0. The van der Waals surface area contributed by atoms with E-state index in [1.807, 2.05) is 0 Å². The molecule has 0 fully saturated rings. The van der Waals surface area contributed by atoms with Gasteiger partial charge in [-0.25, -0.2) is 5.11 Å². The first kappa shape index (κ1) is 10.4. The summed E-state index contributed by atoms with van der Waals surface area (Å²) < 4.78 is 31.1. The second-order valence-corrected chi connectivity index (χ2v) is 0.600. The summed E-state index contributed by atoms with van der Waals surface area (Å²) in [5, 5.41) is 8.25. The third-order valence-corrected chi connectivity index (χ3v) is 0.116. The molecule has 0 heterocycles. The van der Waals surface area contributed by atoms with E-state index in [-0.39, 0.29) is 6.29 Å². The van der Waals surface area contributed by atoms with Gasteiger partial charge in [0.15, 0.2) is 0 Å². The first-order valence-corrected chi connectivity index (χ1v) is 1.43. The third kappa shape index (κ3) is 18.1. The van der Waals surface area contributed by atoms with Crippen molar-refractivity contribution in [2.75, 3.05) is 7.11 Å². The molecule has 0 atom stereocenters. The lowest BCUT2D eigenvalue weighted by molar-refractivity contribution is -0.0600. The maximum absolute atomic E-state index is 10.4. The summed E-state index contributed by atoms with van der Waals surface area (Å²) in [7, 11) is 0.750. The molecule has 0 aromatic heterocycles. The molecule has 0 aliphatic carbocycles. The van der Waals surface area contributed by atoms with E-state index >= 15 is 0 Å². The summed E-state index contributed by atoms with van der Waals surface area (Å²) in [4.78, 5) is 8.58. The van der Waals surface area contributed by atoms with Crippen molar-refractivity contribution in [3.05, 3.63) is 0 Å². The minimum Gasteiger partial charge on any atom is -0.280 e. The van der Waals surface area contributed by atoms with Gasteiger partial charge in [0.25, 0.3) is 0 Å². The van der Waals surface area contributed by atoms with Crippen LogP contribution in [0.25, 0.3) is 0 Å². The Bertz CT molecular complexity index is 58.0. The van der Waals surface area contributed by atoms with E-state index in [0.29, 0.717) is 0 Å². The summed E-state index contributed by atoms with van der Waals surface area (Å²) >= 11 is 0. The second-order valence-electron chi connectivity index (χ2n) is 0.600. The summed E-state index contributed by atoms with van der Waals surface area (Å²) in [6.07, 6.45) is -4.91. The highest BCUT2D eigenvalue weighted by molar-refractivity contribution is 5.57. The Labute approximate surface area is 43.9 Å². The van der Waals surface area contributed by atoms with E-state index in [9.17, 15) is 13.2 Å². The Kier molecular flexibility index (Phi) is 5.95. The predicted molar refractivity (Wildman–Crippen MR) is 18.4 cm³/mol. The Balaban J connectivity index is 0. The van der Waals surface area contributed by atoms with Gasteiger partial charge in [-0.15, -0.1) is 0 Å². The average Bonchev–Trinajstić information content (AvgIpc) is 1.71. The van der Waals surface area contributed by atoms with E-state index in [1.165, 1.54) is 0 Å². The van der Waals surface area contributed by atoms with Crippen molar-refractivity contribution in [2.24, 2.45) is 0 Å². The highest BCUT2D eigenvalue weighted by Gasteiger charge is 2.27. The van der Waals surface area contributed by atoms with Gasteiger partial charge in [0.1, 0.15) is 0 Å². The number of hydrogen-bond donors (Lipinski definition) is 0. The van der Waals surface area contributed by atoms with Crippen LogP contribution in [0.2, 0.25) is 0 Å². The maximum atomic E-state index is 10.4. The largest absolute Gasteiger partial charge is 0.458 e. The highest BCUT2D eigenvalue weighted by atomic mass is 19.4. The van der Waals surface area contributed by atoms with Crippen LogP contribution >= 0.6 is 0 Å². The zero-order valence-corrected chi connectivity index (χ0v) is 3.95.